The van der Waals surface area contributed by atoms with Gasteiger partial charge in [-0.15, -0.1) is 0 Å². The molecule has 1 fully saturated rings. The monoisotopic (exact) mass is 477 g/mol. The molecule has 1 aromatic carbocycles. The number of nitrogens with two attached hydrogens (primary N) is 1. The smallest absolute Gasteiger partial charge is 0.253 e. The third-order valence-corrected chi connectivity index (χ3v) is 6.93. The molecule has 4 atom stereocenters. The predicted octanol–water partition coefficient (Wildman–Crippen LogP) is 1.90. The summed E-state index contributed by atoms with van der Waals surface area (Å²) in [6.07, 6.45) is 3.52. The molecule has 0 bridgehead atoms. The largest absolute Gasteiger partial charge is 0.394 e. The minimum atomic E-state index is -0.904. The number of aromatic nitrogens is 3. The Morgan fingerprint density at radius 3 is 2.83 bits per heavy atom. The Labute approximate surface area is 203 Å². The Kier molecular flexibility index (Phi) is 6.16. The van der Waals surface area contributed by atoms with Crippen molar-refractivity contribution in [3.63, 3.8) is 0 Å². The van der Waals surface area contributed by atoms with Crippen molar-refractivity contribution in [2.24, 2.45) is 5.73 Å². The molecule has 2 amide bonds. The Bertz CT molecular complexity index is 1290. The molecular formula is C25H31N7O3. The lowest BCUT2D eigenvalue weighted by atomic mass is 9.90. The summed E-state index contributed by atoms with van der Waals surface area (Å²) in [5.74, 6) is 0.308. The van der Waals surface area contributed by atoms with E-state index in [1.807, 2.05) is 38.1 Å². The average molecular weight is 478 g/mol. The maximum absolute atomic E-state index is 12.2. The van der Waals surface area contributed by atoms with Gasteiger partial charge in [0.1, 0.15) is 17.4 Å². The van der Waals surface area contributed by atoms with E-state index in [0.29, 0.717) is 11.4 Å². The number of fused-ring (bicyclic) bond motifs is 2. The Morgan fingerprint density at radius 2 is 2.06 bits per heavy atom. The van der Waals surface area contributed by atoms with Gasteiger partial charge in [-0.1, -0.05) is 12.1 Å². The number of aliphatic hydroxyl groups is 1. The highest BCUT2D eigenvalue weighted by atomic mass is 16.3. The van der Waals surface area contributed by atoms with Crippen LogP contribution < -0.4 is 21.7 Å². The van der Waals surface area contributed by atoms with Gasteiger partial charge in [0.2, 0.25) is 5.91 Å². The van der Waals surface area contributed by atoms with Crippen LogP contribution in [0.1, 0.15) is 60.4 Å². The Balaban J connectivity index is 1.40. The number of H-pyrrole nitrogens is 1. The van der Waals surface area contributed by atoms with Crippen LogP contribution in [-0.4, -0.2) is 56.6 Å². The number of carbonyl (C=O) groups excluding carboxylic acids is 2. The van der Waals surface area contributed by atoms with Gasteiger partial charge in [0.15, 0.2) is 0 Å². The second-order valence-corrected chi connectivity index (χ2v) is 9.54. The van der Waals surface area contributed by atoms with Crippen molar-refractivity contribution in [2.75, 3.05) is 11.9 Å². The number of aliphatic hydroxyl groups excluding tert-OH is 1. The molecule has 4 unspecified atom stereocenters. The summed E-state index contributed by atoms with van der Waals surface area (Å²) in [5.41, 5.74) is 11.3. The second kappa shape index (κ2) is 9.27. The molecule has 1 saturated carbocycles. The summed E-state index contributed by atoms with van der Waals surface area (Å²) < 4.78 is 0. The lowest BCUT2D eigenvalue weighted by Crippen LogP contribution is -2.49. The van der Waals surface area contributed by atoms with E-state index in [2.05, 4.69) is 20.9 Å². The van der Waals surface area contributed by atoms with E-state index < -0.39 is 6.04 Å². The van der Waals surface area contributed by atoms with Crippen molar-refractivity contribution in [2.45, 2.75) is 63.7 Å². The highest BCUT2D eigenvalue weighted by molar-refractivity contribution is 6.01. The molecule has 3 heterocycles. The van der Waals surface area contributed by atoms with Crippen LogP contribution >= 0.6 is 0 Å². The number of benzene rings is 1. The normalized spacial score (nSPS) is 22.5. The zero-order valence-electron chi connectivity index (χ0n) is 19.9. The number of anilines is 1. The average Bonchev–Trinajstić information content (AvgIpc) is 3.39. The fourth-order valence-corrected chi connectivity index (χ4v) is 5.05. The number of aromatic amines is 1. The molecule has 35 heavy (non-hydrogen) atoms. The van der Waals surface area contributed by atoms with Gasteiger partial charge in [-0.3, -0.25) is 9.59 Å². The number of carbonyl (C=O) groups is 2. The minimum Gasteiger partial charge on any atom is -0.394 e. The zero-order chi connectivity index (χ0) is 24.7. The lowest BCUT2D eigenvalue weighted by molar-refractivity contribution is -0.124. The molecule has 10 heteroatoms. The molecule has 1 aliphatic carbocycles. The number of amides is 2. The maximum atomic E-state index is 12.2. The first-order chi connectivity index (χ1) is 16.8. The lowest BCUT2D eigenvalue weighted by Gasteiger charge is -2.31. The van der Waals surface area contributed by atoms with E-state index in [-0.39, 0.29) is 36.5 Å². The van der Waals surface area contributed by atoms with Crippen molar-refractivity contribution in [3.8, 4) is 11.3 Å². The summed E-state index contributed by atoms with van der Waals surface area (Å²) >= 11 is 0. The molecule has 1 aliphatic heterocycles. The number of para-hydroxylation sites is 1. The van der Waals surface area contributed by atoms with Crippen LogP contribution in [0.25, 0.3) is 22.3 Å². The topological polar surface area (TPSA) is 158 Å². The van der Waals surface area contributed by atoms with Crippen molar-refractivity contribution < 1.29 is 14.7 Å². The van der Waals surface area contributed by atoms with Gasteiger partial charge in [-0.2, -0.15) is 0 Å². The molecule has 3 aromatic rings. The summed E-state index contributed by atoms with van der Waals surface area (Å²) in [4.78, 5) is 37.5. The van der Waals surface area contributed by atoms with E-state index in [0.717, 1.165) is 59.4 Å². The van der Waals surface area contributed by atoms with Crippen molar-refractivity contribution in [1.29, 1.82) is 0 Å². The number of nitrogens with one attached hydrogen (secondary N) is 4. The predicted molar refractivity (Wildman–Crippen MR) is 133 cm³/mol. The van der Waals surface area contributed by atoms with Crippen LogP contribution in [0.2, 0.25) is 0 Å². The number of hydrogen-bond donors (Lipinski definition) is 6. The fraction of sp³-hybridized carbons (Fsp3) is 0.440. The van der Waals surface area contributed by atoms with Crippen LogP contribution in [0.15, 0.2) is 24.3 Å². The van der Waals surface area contributed by atoms with E-state index in [1.165, 1.54) is 0 Å². The van der Waals surface area contributed by atoms with Gasteiger partial charge in [0.05, 0.1) is 35.1 Å². The van der Waals surface area contributed by atoms with E-state index >= 15 is 0 Å². The summed E-state index contributed by atoms with van der Waals surface area (Å²) in [7, 11) is 0. The van der Waals surface area contributed by atoms with E-state index in [1.54, 1.807) is 0 Å². The van der Waals surface area contributed by atoms with Crippen LogP contribution in [0.3, 0.4) is 0 Å². The van der Waals surface area contributed by atoms with Gasteiger partial charge in [-0.05, 0) is 51.7 Å². The standard InChI is InChI=1S/C25H31N7O3/c1-12-21-17(24(34)28-12)10-20(31-21)16-7-4-8-19-22(16)32-23(13(2)27-19)29-14-5-3-6-15(9-14)30-25(35)18(26)11-33/h4,7-8,10,12,14-15,18,31,33H,3,5-6,9,11,26H2,1-2H3,(H,28,34)(H,29,32)(H,30,35). The first-order valence-corrected chi connectivity index (χ1v) is 12.1. The molecule has 0 spiro atoms. The highest BCUT2D eigenvalue weighted by Crippen LogP contribution is 2.33. The first-order valence-electron chi connectivity index (χ1n) is 12.1. The third-order valence-electron chi connectivity index (χ3n) is 6.93. The summed E-state index contributed by atoms with van der Waals surface area (Å²) in [5, 5.41) is 18.5. The molecule has 7 N–H and O–H groups in total. The molecule has 0 radical (unpaired) electrons. The summed E-state index contributed by atoms with van der Waals surface area (Å²) in [6.45, 7) is 3.51. The van der Waals surface area contributed by atoms with Crippen LogP contribution in [0.5, 0.6) is 0 Å². The maximum Gasteiger partial charge on any atom is 0.253 e. The molecule has 10 nitrogen and oxygen atoms in total. The summed E-state index contributed by atoms with van der Waals surface area (Å²) in [6, 6.07) is 6.89. The highest BCUT2D eigenvalue weighted by Gasteiger charge is 2.29. The molecule has 2 aromatic heterocycles. The fourth-order valence-electron chi connectivity index (χ4n) is 5.05. The second-order valence-electron chi connectivity index (χ2n) is 9.54. The molecular weight excluding hydrogens is 446 g/mol. The third kappa shape index (κ3) is 4.46. The zero-order valence-corrected chi connectivity index (χ0v) is 19.9. The SMILES string of the molecule is Cc1nc2cccc(-c3cc4c([nH]3)C(C)NC4=O)c2nc1NC1CCCC(NC(=O)C(N)CO)C1. The van der Waals surface area contributed by atoms with Crippen LogP contribution in [0, 0.1) is 6.92 Å². The molecule has 2 aliphatic rings. The quantitative estimate of drug-likeness (QED) is 0.316. The van der Waals surface area contributed by atoms with Crippen LogP contribution in [0.4, 0.5) is 5.82 Å². The molecule has 5 rings (SSSR count). The van der Waals surface area contributed by atoms with E-state index in [9.17, 15) is 9.59 Å². The number of aryl methyl sites for hydroxylation is 1. The Morgan fingerprint density at radius 1 is 1.26 bits per heavy atom. The van der Waals surface area contributed by atoms with Crippen molar-refractivity contribution in [1.82, 2.24) is 25.6 Å². The Hall–Kier alpha value is -3.50. The minimum absolute atomic E-state index is 0.00919. The van der Waals surface area contributed by atoms with Gasteiger partial charge in [0.25, 0.3) is 5.91 Å². The molecule has 184 valence electrons. The van der Waals surface area contributed by atoms with Gasteiger partial charge in [0, 0.05) is 23.3 Å². The number of rotatable bonds is 6. The molecule has 0 saturated heterocycles. The van der Waals surface area contributed by atoms with Gasteiger partial charge in [-0.25, -0.2) is 9.97 Å². The number of hydrogen-bond acceptors (Lipinski definition) is 7. The number of nitrogens with zero attached hydrogens (tertiary/aromatic N) is 2. The van der Waals surface area contributed by atoms with E-state index in [4.69, 9.17) is 20.8 Å². The van der Waals surface area contributed by atoms with Crippen LogP contribution in [-0.2, 0) is 4.79 Å². The van der Waals surface area contributed by atoms with Crippen molar-refractivity contribution >= 4 is 28.7 Å². The van der Waals surface area contributed by atoms with Crippen molar-refractivity contribution in [3.05, 3.63) is 41.2 Å². The first kappa shape index (κ1) is 23.3. The van der Waals surface area contributed by atoms with Gasteiger partial charge >= 0.3 is 0 Å². The van der Waals surface area contributed by atoms with Gasteiger partial charge < -0.3 is 31.8 Å².